The number of nitrogens with one attached hydrogen (secondary N) is 2. The molecule has 3 aliphatic rings. The third-order valence-corrected chi connectivity index (χ3v) is 5.05. The van der Waals surface area contributed by atoms with E-state index >= 15 is 0 Å². The van der Waals surface area contributed by atoms with Crippen LogP contribution in [-0.4, -0.2) is 41.3 Å². The van der Waals surface area contributed by atoms with Crippen LogP contribution >= 0.6 is 0 Å². The molecule has 110 valence electrons. The Morgan fingerprint density at radius 3 is 2.75 bits per heavy atom. The Morgan fingerprint density at radius 2 is 1.95 bits per heavy atom. The molecule has 4 rings (SSSR count). The van der Waals surface area contributed by atoms with Gasteiger partial charge in [0, 0.05) is 30.6 Å². The van der Waals surface area contributed by atoms with Crippen LogP contribution in [0.2, 0.25) is 0 Å². The Balaban J connectivity index is 1.31. The number of rotatable bonds is 2. The number of aromatic nitrogens is 2. The van der Waals surface area contributed by atoms with Crippen molar-refractivity contribution in [2.75, 3.05) is 13.2 Å². The molecule has 0 aromatic carbocycles. The van der Waals surface area contributed by atoms with E-state index in [-0.39, 0.29) is 5.79 Å². The summed E-state index contributed by atoms with van der Waals surface area (Å²) in [6.07, 6.45) is 9.83. The summed E-state index contributed by atoms with van der Waals surface area (Å²) in [5.74, 6) is -0.234. The molecule has 1 aromatic heterocycles. The van der Waals surface area contributed by atoms with Gasteiger partial charge in [-0.3, -0.25) is 5.10 Å². The van der Waals surface area contributed by atoms with Crippen molar-refractivity contribution in [3.8, 4) is 0 Å². The summed E-state index contributed by atoms with van der Waals surface area (Å²) in [4.78, 5) is 0. The largest absolute Gasteiger partial charge is 0.348 e. The molecule has 1 aliphatic heterocycles. The fourth-order valence-electron chi connectivity index (χ4n) is 3.90. The summed E-state index contributed by atoms with van der Waals surface area (Å²) < 4.78 is 11.6. The zero-order valence-electron chi connectivity index (χ0n) is 11.9. The number of aryl methyl sites for hydroxylation is 1. The highest BCUT2D eigenvalue weighted by Crippen LogP contribution is 2.36. The van der Waals surface area contributed by atoms with Gasteiger partial charge in [-0.2, -0.15) is 5.10 Å². The highest BCUT2D eigenvalue weighted by atomic mass is 16.7. The standard InChI is InChI=1S/C15H23N3O2/c1-2-14-11(10-16-18-14)9-13(1)17-12-3-5-15(6-4-12)19-7-8-20-15/h10,12-13,17H,1-9H2,(H,16,18)/t13-/m0/s1. The lowest BCUT2D eigenvalue weighted by Gasteiger charge is -2.37. The first kappa shape index (κ1) is 12.8. The van der Waals surface area contributed by atoms with E-state index < -0.39 is 0 Å². The molecule has 0 unspecified atom stereocenters. The predicted octanol–water partition coefficient (Wildman–Crippen LogP) is 1.54. The summed E-state index contributed by atoms with van der Waals surface area (Å²) in [7, 11) is 0. The third kappa shape index (κ3) is 2.38. The van der Waals surface area contributed by atoms with Crippen LogP contribution in [0, 0.1) is 0 Å². The number of fused-ring (bicyclic) bond motifs is 1. The van der Waals surface area contributed by atoms with E-state index in [1.54, 1.807) is 0 Å². The SMILES string of the molecule is c1n[nH]c2c1C[C@@H](NC1CCC3(CC1)OCCO3)CC2. The number of ether oxygens (including phenoxy) is 2. The fourth-order valence-corrected chi connectivity index (χ4v) is 3.90. The molecule has 1 saturated heterocycles. The number of hydrogen-bond donors (Lipinski definition) is 2. The van der Waals surface area contributed by atoms with Crippen molar-refractivity contribution in [1.82, 2.24) is 15.5 Å². The molecule has 2 heterocycles. The van der Waals surface area contributed by atoms with Gasteiger partial charge < -0.3 is 14.8 Å². The van der Waals surface area contributed by atoms with Crippen LogP contribution in [0.15, 0.2) is 6.20 Å². The van der Waals surface area contributed by atoms with Crippen molar-refractivity contribution >= 4 is 0 Å². The van der Waals surface area contributed by atoms with E-state index in [1.165, 1.54) is 17.7 Å². The molecule has 0 radical (unpaired) electrons. The molecule has 1 spiro atoms. The molecule has 1 atom stereocenters. The Hall–Kier alpha value is -0.910. The van der Waals surface area contributed by atoms with Crippen LogP contribution in [0.25, 0.3) is 0 Å². The van der Waals surface area contributed by atoms with Crippen LogP contribution in [0.1, 0.15) is 43.4 Å². The Morgan fingerprint density at radius 1 is 1.15 bits per heavy atom. The monoisotopic (exact) mass is 277 g/mol. The zero-order chi connectivity index (χ0) is 13.4. The zero-order valence-corrected chi connectivity index (χ0v) is 11.9. The Labute approximate surface area is 119 Å². The van der Waals surface area contributed by atoms with Gasteiger partial charge >= 0.3 is 0 Å². The van der Waals surface area contributed by atoms with Crippen molar-refractivity contribution in [2.24, 2.45) is 0 Å². The van der Waals surface area contributed by atoms with Crippen LogP contribution in [0.4, 0.5) is 0 Å². The molecule has 5 nitrogen and oxygen atoms in total. The number of nitrogens with zero attached hydrogens (tertiary/aromatic N) is 1. The Bertz CT molecular complexity index is 457. The van der Waals surface area contributed by atoms with E-state index in [0.29, 0.717) is 12.1 Å². The third-order valence-electron chi connectivity index (χ3n) is 5.05. The molecule has 0 bridgehead atoms. The molecule has 1 aromatic rings. The Kier molecular flexibility index (Phi) is 3.28. The lowest BCUT2D eigenvalue weighted by Crippen LogP contribution is -2.47. The van der Waals surface area contributed by atoms with Crippen LogP contribution in [-0.2, 0) is 22.3 Å². The number of hydrogen-bond acceptors (Lipinski definition) is 4. The van der Waals surface area contributed by atoms with Gasteiger partial charge in [0.15, 0.2) is 5.79 Å². The van der Waals surface area contributed by atoms with E-state index in [4.69, 9.17) is 9.47 Å². The second-order valence-electron chi connectivity index (χ2n) is 6.36. The fraction of sp³-hybridized carbons (Fsp3) is 0.800. The number of aromatic amines is 1. The lowest BCUT2D eigenvalue weighted by atomic mass is 9.87. The van der Waals surface area contributed by atoms with Crippen LogP contribution < -0.4 is 5.32 Å². The maximum atomic E-state index is 5.79. The van der Waals surface area contributed by atoms with E-state index in [0.717, 1.165) is 51.7 Å². The normalized spacial score (nSPS) is 29.7. The minimum atomic E-state index is -0.234. The summed E-state index contributed by atoms with van der Waals surface area (Å²) in [6, 6.07) is 1.22. The molecule has 5 heteroatoms. The molecule has 2 N–H and O–H groups in total. The number of H-pyrrole nitrogens is 1. The van der Waals surface area contributed by atoms with Gasteiger partial charge in [0.1, 0.15) is 0 Å². The van der Waals surface area contributed by atoms with E-state index in [2.05, 4.69) is 15.5 Å². The minimum absolute atomic E-state index is 0.234. The van der Waals surface area contributed by atoms with Crippen molar-refractivity contribution in [2.45, 2.75) is 62.8 Å². The highest BCUT2D eigenvalue weighted by molar-refractivity contribution is 5.21. The molecule has 1 saturated carbocycles. The molecule has 20 heavy (non-hydrogen) atoms. The summed E-state index contributed by atoms with van der Waals surface area (Å²) in [6.45, 7) is 1.54. The van der Waals surface area contributed by atoms with Crippen molar-refractivity contribution in [3.63, 3.8) is 0 Å². The van der Waals surface area contributed by atoms with E-state index in [1.807, 2.05) is 6.20 Å². The maximum Gasteiger partial charge on any atom is 0.168 e. The van der Waals surface area contributed by atoms with Gasteiger partial charge in [-0.05, 0) is 37.7 Å². The summed E-state index contributed by atoms with van der Waals surface area (Å²) in [5, 5.41) is 11.1. The first-order chi connectivity index (χ1) is 9.83. The predicted molar refractivity (Wildman–Crippen MR) is 74.4 cm³/mol. The molecule has 2 fully saturated rings. The second-order valence-corrected chi connectivity index (χ2v) is 6.36. The van der Waals surface area contributed by atoms with Gasteiger partial charge in [0.2, 0.25) is 0 Å². The summed E-state index contributed by atoms with van der Waals surface area (Å²) in [5.41, 5.74) is 2.72. The van der Waals surface area contributed by atoms with Gasteiger partial charge in [0.05, 0.1) is 19.4 Å². The first-order valence-corrected chi connectivity index (χ1v) is 7.88. The average molecular weight is 277 g/mol. The van der Waals surface area contributed by atoms with Crippen LogP contribution in [0.3, 0.4) is 0 Å². The van der Waals surface area contributed by atoms with Gasteiger partial charge in [-0.1, -0.05) is 0 Å². The minimum Gasteiger partial charge on any atom is -0.348 e. The van der Waals surface area contributed by atoms with Crippen molar-refractivity contribution in [3.05, 3.63) is 17.5 Å². The quantitative estimate of drug-likeness (QED) is 0.861. The van der Waals surface area contributed by atoms with E-state index in [9.17, 15) is 0 Å². The maximum absolute atomic E-state index is 5.79. The highest BCUT2D eigenvalue weighted by Gasteiger charge is 2.40. The van der Waals surface area contributed by atoms with Crippen LogP contribution in [0.5, 0.6) is 0 Å². The molecular formula is C15H23N3O2. The lowest BCUT2D eigenvalue weighted by molar-refractivity contribution is -0.179. The molecule has 2 aliphatic carbocycles. The van der Waals surface area contributed by atoms with Gasteiger partial charge in [-0.25, -0.2) is 0 Å². The van der Waals surface area contributed by atoms with Crippen molar-refractivity contribution < 1.29 is 9.47 Å². The first-order valence-electron chi connectivity index (χ1n) is 7.88. The topological polar surface area (TPSA) is 59.2 Å². The van der Waals surface area contributed by atoms with Gasteiger partial charge in [0.25, 0.3) is 0 Å². The smallest absolute Gasteiger partial charge is 0.168 e. The van der Waals surface area contributed by atoms with Crippen molar-refractivity contribution in [1.29, 1.82) is 0 Å². The molecular weight excluding hydrogens is 254 g/mol. The summed E-state index contributed by atoms with van der Waals surface area (Å²) >= 11 is 0. The molecule has 0 amide bonds. The average Bonchev–Trinajstić information content (AvgIpc) is 3.11. The van der Waals surface area contributed by atoms with Gasteiger partial charge in [-0.15, -0.1) is 0 Å². The second kappa shape index (κ2) is 5.13.